The summed E-state index contributed by atoms with van der Waals surface area (Å²) in [5.41, 5.74) is 0.858. The highest BCUT2D eigenvalue weighted by molar-refractivity contribution is 7.25. The second-order valence-corrected chi connectivity index (χ2v) is 5.07. The van der Waals surface area contributed by atoms with Gasteiger partial charge in [-0.3, -0.25) is 4.79 Å². The Morgan fingerprint density at radius 1 is 1.06 bits per heavy atom. The predicted octanol–water partition coefficient (Wildman–Crippen LogP) is 4.01. The van der Waals surface area contributed by atoms with E-state index in [0.29, 0.717) is 0 Å². The van der Waals surface area contributed by atoms with Crippen molar-refractivity contribution in [3.05, 3.63) is 42.5 Å². The lowest BCUT2D eigenvalue weighted by Gasteiger charge is -2.01. The van der Waals surface area contributed by atoms with Crippen LogP contribution in [0.5, 0.6) is 0 Å². The Morgan fingerprint density at radius 3 is 2.65 bits per heavy atom. The van der Waals surface area contributed by atoms with E-state index in [1.54, 1.807) is 11.3 Å². The summed E-state index contributed by atoms with van der Waals surface area (Å²) in [6, 6.07) is 14.4. The van der Waals surface area contributed by atoms with Crippen LogP contribution in [0.2, 0.25) is 0 Å². The van der Waals surface area contributed by atoms with Gasteiger partial charge < -0.3 is 5.32 Å². The minimum absolute atomic E-state index is 0.0366. The van der Waals surface area contributed by atoms with E-state index in [1.165, 1.54) is 27.1 Å². The van der Waals surface area contributed by atoms with Gasteiger partial charge in [0, 0.05) is 32.8 Å². The smallest absolute Gasteiger partial charge is 0.221 e. The number of rotatable bonds is 1. The van der Waals surface area contributed by atoms with Gasteiger partial charge in [0.15, 0.2) is 0 Å². The molecular formula is C14H11NOS. The summed E-state index contributed by atoms with van der Waals surface area (Å²) in [4.78, 5) is 11.0. The van der Waals surface area contributed by atoms with E-state index in [2.05, 4.69) is 29.6 Å². The van der Waals surface area contributed by atoms with Crippen molar-refractivity contribution in [1.29, 1.82) is 0 Å². The SMILES string of the molecule is CC(=O)Nc1ccc2c(c1)sc1ccccc12. The van der Waals surface area contributed by atoms with Crippen LogP contribution in [-0.4, -0.2) is 5.91 Å². The molecule has 0 atom stereocenters. The minimum atomic E-state index is -0.0366. The Kier molecular flexibility index (Phi) is 2.34. The predicted molar refractivity (Wildman–Crippen MR) is 73.6 cm³/mol. The molecule has 3 rings (SSSR count). The van der Waals surface area contributed by atoms with E-state index in [9.17, 15) is 4.79 Å². The second-order valence-electron chi connectivity index (χ2n) is 3.99. The molecule has 0 fully saturated rings. The molecule has 0 unspecified atom stereocenters. The number of thiophene rings is 1. The standard InChI is InChI=1S/C14H11NOS/c1-9(16)15-10-6-7-12-11-4-2-3-5-13(11)17-14(12)8-10/h2-8H,1H3,(H,15,16). The molecule has 0 spiro atoms. The summed E-state index contributed by atoms with van der Waals surface area (Å²) in [5.74, 6) is -0.0366. The van der Waals surface area contributed by atoms with Crippen LogP contribution in [0.25, 0.3) is 20.2 Å². The molecule has 2 nitrogen and oxygen atoms in total. The van der Waals surface area contributed by atoms with E-state index in [4.69, 9.17) is 0 Å². The Balaban J connectivity index is 2.23. The summed E-state index contributed by atoms with van der Waals surface area (Å²) in [5, 5.41) is 5.34. The first-order valence-electron chi connectivity index (χ1n) is 5.43. The first-order chi connectivity index (χ1) is 8.24. The molecule has 0 aliphatic carbocycles. The van der Waals surface area contributed by atoms with E-state index in [1.807, 2.05) is 18.2 Å². The van der Waals surface area contributed by atoms with Crippen LogP contribution >= 0.6 is 11.3 Å². The van der Waals surface area contributed by atoms with Gasteiger partial charge in [0.25, 0.3) is 0 Å². The van der Waals surface area contributed by atoms with Crippen molar-refractivity contribution in [3.63, 3.8) is 0 Å². The number of hydrogen-bond donors (Lipinski definition) is 1. The fourth-order valence-electron chi connectivity index (χ4n) is 2.01. The lowest BCUT2D eigenvalue weighted by Crippen LogP contribution is -2.04. The lowest BCUT2D eigenvalue weighted by atomic mass is 10.1. The maximum absolute atomic E-state index is 11.0. The van der Waals surface area contributed by atoms with Crippen molar-refractivity contribution in [3.8, 4) is 0 Å². The summed E-state index contributed by atoms with van der Waals surface area (Å²) in [7, 11) is 0. The summed E-state index contributed by atoms with van der Waals surface area (Å²) < 4.78 is 2.49. The number of anilines is 1. The molecule has 1 N–H and O–H groups in total. The summed E-state index contributed by atoms with van der Waals surface area (Å²) in [6.45, 7) is 1.52. The zero-order chi connectivity index (χ0) is 11.8. The number of carbonyl (C=O) groups is 1. The highest BCUT2D eigenvalue weighted by Gasteiger charge is 2.05. The van der Waals surface area contributed by atoms with Crippen LogP contribution < -0.4 is 5.32 Å². The molecule has 0 saturated carbocycles. The van der Waals surface area contributed by atoms with Crippen molar-refractivity contribution in [2.24, 2.45) is 0 Å². The molecule has 3 aromatic rings. The third-order valence-electron chi connectivity index (χ3n) is 2.70. The molecule has 3 heteroatoms. The van der Waals surface area contributed by atoms with E-state index >= 15 is 0 Å². The summed E-state index contributed by atoms with van der Waals surface area (Å²) in [6.07, 6.45) is 0. The maximum atomic E-state index is 11.0. The van der Waals surface area contributed by atoms with Crippen molar-refractivity contribution >= 4 is 43.1 Å². The van der Waals surface area contributed by atoms with Gasteiger partial charge in [0.05, 0.1) is 0 Å². The van der Waals surface area contributed by atoms with Crippen molar-refractivity contribution < 1.29 is 4.79 Å². The number of carbonyl (C=O) groups excluding carboxylic acids is 1. The van der Waals surface area contributed by atoms with E-state index < -0.39 is 0 Å². The molecule has 1 aromatic heterocycles. The first kappa shape index (κ1) is 10.3. The van der Waals surface area contributed by atoms with Gasteiger partial charge in [0.1, 0.15) is 0 Å². The number of amides is 1. The zero-order valence-corrected chi connectivity index (χ0v) is 10.2. The van der Waals surface area contributed by atoms with Gasteiger partial charge >= 0.3 is 0 Å². The molecule has 0 aliphatic rings. The van der Waals surface area contributed by atoms with Crippen molar-refractivity contribution in [1.82, 2.24) is 0 Å². The largest absolute Gasteiger partial charge is 0.326 e. The third kappa shape index (κ3) is 1.78. The quantitative estimate of drug-likeness (QED) is 0.685. The number of nitrogens with one attached hydrogen (secondary N) is 1. The fourth-order valence-corrected chi connectivity index (χ4v) is 3.15. The molecule has 1 heterocycles. The molecule has 1 amide bonds. The normalized spacial score (nSPS) is 10.9. The van der Waals surface area contributed by atoms with Gasteiger partial charge in [-0.1, -0.05) is 24.3 Å². The minimum Gasteiger partial charge on any atom is -0.326 e. The maximum Gasteiger partial charge on any atom is 0.221 e. The molecule has 0 radical (unpaired) electrons. The number of benzene rings is 2. The van der Waals surface area contributed by atoms with Gasteiger partial charge in [-0.25, -0.2) is 0 Å². The van der Waals surface area contributed by atoms with Crippen LogP contribution in [0, 0.1) is 0 Å². The van der Waals surface area contributed by atoms with Gasteiger partial charge in [-0.15, -0.1) is 11.3 Å². The first-order valence-corrected chi connectivity index (χ1v) is 6.24. The molecule has 0 saturated heterocycles. The van der Waals surface area contributed by atoms with Gasteiger partial charge in [0.2, 0.25) is 5.91 Å². The Bertz CT molecular complexity index is 714. The molecule has 0 bridgehead atoms. The Morgan fingerprint density at radius 2 is 1.82 bits per heavy atom. The molecule has 17 heavy (non-hydrogen) atoms. The van der Waals surface area contributed by atoms with Crippen molar-refractivity contribution in [2.75, 3.05) is 5.32 Å². The van der Waals surface area contributed by atoms with E-state index in [-0.39, 0.29) is 5.91 Å². The fraction of sp³-hybridized carbons (Fsp3) is 0.0714. The van der Waals surface area contributed by atoms with Crippen LogP contribution in [-0.2, 0) is 4.79 Å². The zero-order valence-electron chi connectivity index (χ0n) is 9.36. The molecule has 0 aliphatic heterocycles. The number of fused-ring (bicyclic) bond motifs is 3. The monoisotopic (exact) mass is 241 g/mol. The third-order valence-corrected chi connectivity index (χ3v) is 3.83. The van der Waals surface area contributed by atoms with Crippen LogP contribution in [0.4, 0.5) is 5.69 Å². The van der Waals surface area contributed by atoms with Crippen LogP contribution in [0.1, 0.15) is 6.92 Å². The summed E-state index contributed by atoms with van der Waals surface area (Å²) >= 11 is 1.75. The average molecular weight is 241 g/mol. The lowest BCUT2D eigenvalue weighted by molar-refractivity contribution is -0.114. The highest BCUT2D eigenvalue weighted by Crippen LogP contribution is 2.34. The van der Waals surface area contributed by atoms with Gasteiger partial charge in [-0.05, 0) is 18.2 Å². The molecule has 84 valence electrons. The topological polar surface area (TPSA) is 29.1 Å². The second kappa shape index (κ2) is 3.86. The Hall–Kier alpha value is -1.87. The van der Waals surface area contributed by atoms with Crippen LogP contribution in [0.3, 0.4) is 0 Å². The molecule has 2 aromatic carbocycles. The Labute approximate surface area is 103 Å². The van der Waals surface area contributed by atoms with Gasteiger partial charge in [-0.2, -0.15) is 0 Å². The van der Waals surface area contributed by atoms with Crippen LogP contribution in [0.15, 0.2) is 42.5 Å². The number of hydrogen-bond acceptors (Lipinski definition) is 2. The average Bonchev–Trinajstić information content (AvgIpc) is 2.65. The van der Waals surface area contributed by atoms with Crippen molar-refractivity contribution in [2.45, 2.75) is 6.92 Å². The molecular weight excluding hydrogens is 230 g/mol. The highest BCUT2D eigenvalue weighted by atomic mass is 32.1. The van der Waals surface area contributed by atoms with E-state index in [0.717, 1.165) is 5.69 Å².